The zero-order chi connectivity index (χ0) is 14.4. The molecule has 0 fully saturated rings. The second-order valence-electron chi connectivity index (χ2n) is 4.63. The SMILES string of the molecule is CCCNc1cc(NC(C)c2ccc(F)cc2)ncn1. The molecule has 2 N–H and O–H groups in total. The highest BCUT2D eigenvalue weighted by Gasteiger charge is 2.07. The predicted octanol–water partition coefficient (Wildman–Crippen LogP) is 3.61. The minimum atomic E-state index is -0.228. The van der Waals surface area contributed by atoms with Gasteiger partial charge in [-0.05, 0) is 31.0 Å². The number of nitrogens with one attached hydrogen (secondary N) is 2. The van der Waals surface area contributed by atoms with E-state index in [4.69, 9.17) is 0 Å². The fraction of sp³-hybridized carbons (Fsp3) is 0.333. The van der Waals surface area contributed by atoms with Crippen LogP contribution >= 0.6 is 0 Å². The van der Waals surface area contributed by atoms with Gasteiger partial charge in [-0.25, -0.2) is 14.4 Å². The molecule has 106 valence electrons. The molecule has 2 aromatic rings. The smallest absolute Gasteiger partial charge is 0.131 e. The highest BCUT2D eigenvalue weighted by Crippen LogP contribution is 2.19. The fourth-order valence-electron chi connectivity index (χ4n) is 1.84. The zero-order valence-corrected chi connectivity index (χ0v) is 11.7. The summed E-state index contributed by atoms with van der Waals surface area (Å²) in [6, 6.07) is 8.37. The Bertz CT molecular complexity index is 542. The average Bonchev–Trinajstić information content (AvgIpc) is 2.46. The summed E-state index contributed by atoms with van der Waals surface area (Å²) in [6.07, 6.45) is 2.57. The van der Waals surface area contributed by atoms with Gasteiger partial charge in [-0.2, -0.15) is 0 Å². The molecule has 0 radical (unpaired) electrons. The number of hydrogen-bond donors (Lipinski definition) is 2. The molecule has 1 heterocycles. The Hall–Kier alpha value is -2.17. The van der Waals surface area contributed by atoms with E-state index in [0.717, 1.165) is 30.2 Å². The summed E-state index contributed by atoms with van der Waals surface area (Å²) in [5.41, 5.74) is 1.01. The van der Waals surface area contributed by atoms with Crippen molar-refractivity contribution >= 4 is 11.6 Å². The van der Waals surface area contributed by atoms with Gasteiger partial charge in [0.15, 0.2) is 0 Å². The summed E-state index contributed by atoms with van der Waals surface area (Å²) in [4.78, 5) is 8.35. The lowest BCUT2D eigenvalue weighted by Crippen LogP contribution is -2.09. The molecule has 4 nitrogen and oxygen atoms in total. The first-order valence-electron chi connectivity index (χ1n) is 6.77. The summed E-state index contributed by atoms with van der Waals surface area (Å²) in [5, 5.41) is 6.50. The van der Waals surface area contributed by atoms with Gasteiger partial charge in [0.05, 0.1) is 0 Å². The number of halogens is 1. The molecule has 5 heteroatoms. The summed E-state index contributed by atoms with van der Waals surface area (Å²) < 4.78 is 12.9. The van der Waals surface area contributed by atoms with E-state index >= 15 is 0 Å². The molecule has 0 aliphatic carbocycles. The van der Waals surface area contributed by atoms with E-state index in [-0.39, 0.29) is 11.9 Å². The van der Waals surface area contributed by atoms with Crippen LogP contribution in [-0.4, -0.2) is 16.5 Å². The molecule has 0 aliphatic rings. The zero-order valence-electron chi connectivity index (χ0n) is 11.7. The summed E-state index contributed by atoms with van der Waals surface area (Å²) in [6.45, 7) is 4.99. The highest BCUT2D eigenvalue weighted by atomic mass is 19.1. The number of hydrogen-bond acceptors (Lipinski definition) is 4. The molecule has 0 spiro atoms. The van der Waals surface area contributed by atoms with E-state index in [1.807, 2.05) is 13.0 Å². The second kappa shape index (κ2) is 6.84. The maximum Gasteiger partial charge on any atom is 0.131 e. The summed E-state index contributed by atoms with van der Waals surface area (Å²) >= 11 is 0. The molecular formula is C15H19FN4. The molecule has 0 bridgehead atoms. The number of nitrogens with zero attached hydrogens (tertiary/aromatic N) is 2. The van der Waals surface area contributed by atoms with Gasteiger partial charge in [-0.3, -0.25) is 0 Å². The molecule has 1 aromatic carbocycles. The van der Waals surface area contributed by atoms with Crippen molar-refractivity contribution in [3.05, 3.63) is 48.0 Å². The van der Waals surface area contributed by atoms with Crippen molar-refractivity contribution in [1.29, 1.82) is 0 Å². The van der Waals surface area contributed by atoms with Crippen molar-refractivity contribution < 1.29 is 4.39 Å². The topological polar surface area (TPSA) is 49.8 Å². The fourth-order valence-corrected chi connectivity index (χ4v) is 1.84. The van der Waals surface area contributed by atoms with Gasteiger partial charge < -0.3 is 10.6 Å². The van der Waals surface area contributed by atoms with E-state index < -0.39 is 0 Å². The summed E-state index contributed by atoms with van der Waals surface area (Å²) in [5.74, 6) is 1.32. The van der Waals surface area contributed by atoms with E-state index in [1.54, 1.807) is 12.1 Å². The van der Waals surface area contributed by atoms with E-state index in [9.17, 15) is 4.39 Å². The van der Waals surface area contributed by atoms with Crippen molar-refractivity contribution in [2.24, 2.45) is 0 Å². The Morgan fingerprint density at radius 1 is 1.15 bits per heavy atom. The first-order valence-corrected chi connectivity index (χ1v) is 6.77. The van der Waals surface area contributed by atoms with Crippen LogP contribution in [0.25, 0.3) is 0 Å². The van der Waals surface area contributed by atoms with Crippen LogP contribution in [0.15, 0.2) is 36.7 Å². The van der Waals surface area contributed by atoms with Crippen LogP contribution in [0.3, 0.4) is 0 Å². The van der Waals surface area contributed by atoms with Crippen molar-refractivity contribution in [2.45, 2.75) is 26.3 Å². The number of rotatable bonds is 6. The lowest BCUT2D eigenvalue weighted by Gasteiger charge is -2.15. The maximum atomic E-state index is 12.9. The molecule has 0 aliphatic heterocycles. The van der Waals surface area contributed by atoms with Crippen LogP contribution < -0.4 is 10.6 Å². The van der Waals surface area contributed by atoms with Gasteiger partial charge in [-0.1, -0.05) is 19.1 Å². The standard InChI is InChI=1S/C15H19FN4/c1-3-8-17-14-9-15(19-10-18-14)20-11(2)12-4-6-13(16)7-5-12/h4-7,9-11H,3,8H2,1-2H3,(H2,17,18,19,20). The normalized spacial score (nSPS) is 11.9. The van der Waals surface area contributed by atoms with Gasteiger partial charge >= 0.3 is 0 Å². The first-order chi connectivity index (χ1) is 9.69. The van der Waals surface area contributed by atoms with Crippen molar-refractivity contribution in [3.8, 4) is 0 Å². The number of anilines is 2. The van der Waals surface area contributed by atoms with Crippen LogP contribution in [0, 0.1) is 5.82 Å². The van der Waals surface area contributed by atoms with Crippen molar-refractivity contribution in [2.75, 3.05) is 17.2 Å². The molecule has 0 saturated heterocycles. The number of aromatic nitrogens is 2. The molecule has 1 aromatic heterocycles. The van der Waals surface area contributed by atoms with Gasteiger partial charge in [0, 0.05) is 18.7 Å². The molecule has 20 heavy (non-hydrogen) atoms. The lowest BCUT2D eigenvalue weighted by molar-refractivity contribution is 0.626. The van der Waals surface area contributed by atoms with E-state index in [0.29, 0.717) is 0 Å². The predicted molar refractivity (Wildman–Crippen MR) is 79.3 cm³/mol. The number of benzene rings is 1. The van der Waals surface area contributed by atoms with E-state index in [2.05, 4.69) is 27.5 Å². The third-order valence-corrected chi connectivity index (χ3v) is 2.96. The monoisotopic (exact) mass is 274 g/mol. The van der Waals surface area contributed by atoms with Crippen LogP contribution in [0.2, 0.25) is 0 Å². The van der Waals surface area contributed by atoms with Gasteiger partial charge in [-0.15, -0.1) is 0 Å². The van der Waals surface area contributed by atoms with Gasteiger partial charge in [0.25, 0.3) is 0 Å². The van der Waals surface area contributed by atoms with Gasteiger partial charge in [0.1, 0.15) is 23.8 Å². The Morgan fingerprint density at radius 2 is 1.85 bits per heavy atom. The maximum absolute atomic E-state index is 12.9. The average molecular weight is 274 g/mol. The minimum Gasteiger partial charge on any atom is -0.370 e. The van der Waals surface area contributed by atoms with Crippen LogP contribution in [0.5, 0.6) is 0 Å². The lowest BCUT2D eigenvalue weighted by atomic mass is 10.1. The molecule has 1 unspecified atom stereocenters. The Balaban J connectivity index is 2.03. The quantitative estimate of drug-likeness (QED) is 0.845. The molecular weight excluding hydrogens is 255 g/mol. The third-order valence-electron chi connectivity index (χ3n) is 2.96. The van der Waals surface area contributed by atoms with E-state index in [1.165, 1.54) is 18.5 Å². The molecule has 0 amide bonds. The Morgan fingerprint density at radius 3 is 2.55 bits per heavy atom. The largest absolute Gasteiger partial charge is 0.370 e. The highest BCUT2D eigenvalue weighted by molar-refractivity contribution is 5.47. The van der Waals surface area contributed by atoms with Gasteiger partial charge in [0.2, 0.25) is 0 Å². The molecule has 0 saturated carbocycles. The second-order valence-corrected chi connectivity index (χ2v) is 4.63. The van der Waals surface area contributed by atoms with Crippen molar-refractivity contribution in [1.82, 2.24) is 9.97 Å². The Kier molecular flexibility index (Phi) is 4.87. The summed E-state index contributed by atoms with van der Waals surface area (Å²) in [7, 11) is 0. The molecule has 2 rings (SSSR count). The Labute approximate surface area is 118 Å². The first kappa shape index (κ1) is 14.2. The van der Waals surface area contributed by atoms with Crippen molar-refractivity contribution in [3.63, 3.8) is 0 Å². The molecule has 1 atom stereocenters. The van der Waals surface area contributed by atoms with Crippen LogP contribution in [0.4, 0.5) is 16.0 Å². The minimum absolute atomic E-state index is 0.0459. The third kappa shape index (κ3) is 3.91. The van der Waals surface area contributed by atoms with Crippen LogP contribution in [-0.2, 0) is 0 Å². The van der Waals surface area contributed by atoms with Crippen LogP contribution in [0.1, 0.15) is 31.9 Å².